The highest BCUT2D eigenvalue weighted by molar-refractivity contribution is 5.82. The summed E-state index contributed by atoms with van der Waals surface area (Å²) in [6, 6.07) is 10.9. The Morgan fingerprint density at radius 2 is 1.66 bits per heavy atom. The molecule has 0 atom stereocenters. The fourth-order valence-corrected chi connectivity index (χ4v) is 5.06. The van der Waals surface area contributed by atoms with E-state index >= 15 is 0 Å². The third kappa shape index (κ3) is 4.42. The molecule has 4 fully saturated rings. The van der Waals surface area contributed by atoms with E-state index in [0.717, 1.165) is 25.2 Å². The molecule has 5 rings (SSSR count). The van der Waals surface area contributed by atoms with Gasteiger partial charge in [0.05, 0.1) is 12.5 Å². The van der Waals surface area contributed by atoms with Gasteiger partial charge in [0.1, 0.15) is 0 Å². The number of piperidine rings is 1. The average Bonchev–Trinajstić information content (AvgIpc) is 2.61. The van der Waals surface area contributed by atoms with Crippen LogP contribution < -0.4 is 0 Å². The van der Waals surface area contributed by atoms with Crippen molar-refractivity contribution in [1.29, 1.82) is 0 Å². The normalized spacial score (nSPS) is 29.0. The van der Waals surface area contributed by atoms with E-state index in [-0.39, 0.29) is 11.4 Å². The molecule has 0 radical (unpaired) electrons. The van der Waals surface area contributed by atoms with Gasteiger partial charge in [0.15, 0.2) is 0 Å². The Kier molecular flexibility index (Phi) is 5.94. The lowest BCUT2D eigenvalue weighted by atomic mass is 9.38. The highest BCUT2D eigenvalue weighted by atomic mass is 19.4. The van der Waals surface area contributed by atoms with E-state index < -0.39 is 12.1 Å². The van der Waals surface area contributed by atoms with Crippen LogP contribution in [0.1, 0.15) is 37.7 Å². The predicted octanol–water partition coefficient (Wildman–Crippen LogP) is 3.67. The van der Waals surface area contributed by atoms with Gasteiger partial charge in [-0.05, 0) is 63.1 Å². The summed E-state index contributed by atoms with van der Waals surface area (Å²) in [5, 5.41) is 7.12. The lowest BCUT2D eigenvalue weighted by Crippen LogP contribution is -2.77. The summed E-state index contributed by atoms with van der Waals surface area (Å²) in [7, 11) is 1.52. The van der Waals surface area contributed by atoms with Gasteiger partial charge in [-0.3, -0.25) is 9.69 Å². The van der Waals surface area contributed by atoms with Crippen molar-refractivity contribution < 1.29 is 32.6 Å². The Labute approximate surface area is 167 Å². The van der Waals surface area contributed by atoms with E-state index in [0.29, 0.717) is 5.54 Å². The number of carbonyl (C=O) groups excluding carboxylic acids is 1. The largest absolute Gasteiger partial charge is 0.490 e. The van der Waals surface area contributed by atoms with Gasteiger partial charge >= 0.3 is 18.1 Å². The minimum atomic E-state index is -5.08. The number of likely N-dealkylation sites (tertiary alicyclic amines) is 1. The SMILES string of the molecule is COC(=O)C12CC(N3CCC(Cc4ccccc4)CC3)(C1)C2.O=C(O)C(F)(F)F. The Morgan fingerprint density at radius 1 is 1.14 bits per heavy atom. The summed E-state index contributed by atoms with van der Waals surface area (Å²) in [4.78, 5) is 23.4. The lowest BCUT2D eigenvalue weighted by Gasteiger charge is -2.72. The van der Waals surface area contributed by atoms with Crippen molar-refractivity contribution in [3.05, 3.63) is 35.9 Å². The van der Waals surface area contributed by atoms with E-state index in [1.165, 1.54) is 45.0 Å². The summed E-state index contributed by atoms with van der Waals surface area (Å²) < 4.78 is 36.7. The summed E-state index contributed by atoms with van der Waals surface area (Å²) in [5.74, 6) is -1.92. The number of methoxy groups -OCH3 is 1. The monoisotopic (exact) mass is 413 g/mol. The standard InChI is InChI=1S/C19H25NO2.C2HF3O2/c1-22-17(21)18-12-19(13-18,14-18)20-9-7-16(8-10-20)11-15-5-3-2-4-6-15;3-2(4,5)1(6)7/h2-6,16H,7-14H2,1H3;(H,6,7). The Hall–Kier alpha value is -2.09. The molecule has 1 aromatic carbocycles. The van der Waals surface area contributed by atoms with Crippen LogP contribution in [-0.2, 0) is 20.7 Å². The summed E-state index contributed by atoms with van der Waals surface area (Å²) in [6.45, 7) is 2.41. The van der Waals surface area contributed by atoms with Crippen molar-refractivity contribution in [2.45, 2.75) is 50.2 Å². The molecule has 4 aliphatic rings. The van der Waals surface area contributed by atoms with E-state index in [9.17, 15) is 18.0 Å². The number of hydrogen-bond acceptors (Lipinski definition) is 4. The average molecular weight is 413 g/mol. The first kappa shape index (κ1) is 21.6. The van der Waals surface area contributed by atoms with Crippen LogP contribution in [0.2, 0.25) is 0 Å². The first-order chi connectivity index (χ1) is 13.6. The maximum atomic E-state index is 11.8. The van der Waals surface area contributed by atoms with E-state index in [2.05, 4.69) is 35.2 Å². The molecular weight excluding hydrogens is 387 g/mol. The van der Waals surface area contributed by atoms with Crippen LogP contribution in [0.3, 0.4) is 0 Å². The number of halogens is 3. The number of aliphatic carboxylic acids is 1. The molecule has 3 aliphatic carbocycles. The molecular formula is C21H26F3NO4. The van der Waals surface area contributed by atoms with Crippen LogP contribution in [0.15, 0.2) is 30.3 Å². The number of rotatable bonds is 4. The molecule has 0 spiro atoms. The molecule has 0 aromatic heterocycles. The molecule has 8 heteroatoms. The predicted molar refractivity (Wildman–Crippen MR) is 99.2 cm³/mol. The molecule has 1 aromatic rings. The number of carboxylic acid groups (broad SMARTS) is 1. The topological polar surface area (TPSA) is 66.8 Å². The second kappa shape index (κ2) is 7.97. The lowest BCUT2D eigenvalue weighted by molar-refractivity contribution is -0.237. The number of alkyl halides is 3. The number of hydrogen-bond donors (Lipinski definition) is 1. The highest BCUT2D eigenvalue weighted by Crippen LogP contribution is 2.70. The van der Waals surface area contributed by atoms with E-state index in [1.54, 1.807) is 0 Å². The molecule has 1 saturated heterocycles. The molecule has 1 heterocycles. The van der Waals surface area contributed by atoms with Gasteiger partial charge in [-0.15, -0.1) is 0 Å². The Balaban J connectivity index is 0.000000298. The van der Waals surface area contributed by atoms with Gasteiger partial charge in [0.25, 0.3) is 0 Å². The van der Waals surface area contributed by atoms with Crippen LogP contribution in [0.4, 0.5) is 13.2 Å². The van der Waals surface area contributed by atoms with Crippen molar-refractivity contribution >= 4 is 11.9 Å². The van der Waals surface area contributed by atoms with Crippen molar-refractivity contribution in [2.24, 2.45) is 11.3 Å². The van der Waals surface area contributed by atoms with Gasteiger partial charge in [0.2, 0.25) is 0 Å². The first-order valence-corrected chi connectivity index (χ1v) is 9.78. The zero-order valence-electron chi connectivity index (χ0n) is 16.4. The summed E-state index contributed by atoms with van der Waals surface area (Å²) in [6.07, 6.45) is 1.83. The molecule has 1 aliphatic heterocycles. The fourth-order valence-electron chi connectivity index (χ4n) is 5.06. The molecule has 160 valence electrons. The molecule has 5 nitrogen and oxygen atoms in total. The third-order valence-electron chi connectivity index (χ3n) is 6.52. The highest BCUT2D eigenvalue weighted by Gasteiger charge is 2.74. The van der Waals surface area contributed by atoms with Gasteiger partial charge < -0.3 is 9.84 Å². The van der Waals surface area contributed by atoms with Gasteiger partial charge in [0, 0.05) is 5.54 Å². The van der Waals surface area contributed by atoms with Crippen molar-refractivity contribution in [1.82, 2.24) is 4.90 Å². The molecule has 29 heavy (non-hydrogen) atoms. The number of nitrogens with zero attached hydrogens (tertiary/aromatic N) is 1. The zero-order chi connectivity index (χ0) is 21.3. The number of carboxylic acids is 1. The summed E-state index contributed by atoms with van der Waals surface area (Å²) >= 11 is 0. The zero-order valence-corrected chi connectivity index (χ0v) is 16.4. The minimum Gasteiger partial charge on any atom is -0.475 e. The van der Waals surface area contributed by atoms with E-state index in [4.69, 9.17) is 14.6 Å². The van der Waals surface area contributed by atoms with Crippen LogP contribution >= 0.6 is 0 Å². The number of benzene rings is 1. The quantitative estimate of drug-likeness (QED) is 0.763. The van der Waals surface area contributed by atoms with Crippen molar-refractivity contribution in [3.8, 4) is 0 Å². The molecule has 0 amide bonds. The Morgan fingerprint density at radius 3 is 2.10 bits per heavy atom. The molecule has 1 N–H and O–H groups in total. The third-order valence-corrected chi connectivity index (χ3v) is 6.52. The summed E-state index contributed by atoms with van der Waals surface area (Å²) in [5.41, 5.74) is 1.72. The second-order valence-electron chi connectivity index (χ2n) is 8.45. The van der Waals surface area contributed by atoms with Crippen molar-refractivity contribution in [2.75, 3.05) is 20.2 Å². The van der Waals surface area contributed by atoms with Gasteiger partial charge in [-0.2, -0.15) is 13.2 Å². The number of carbonyl (C=O) groups is 2. The smallest absolute Gasteiger partial charge is 0.475 e. The first-order valence-electron chi connectivity index (χ1n) is 9.78. The minimum absolute atomic E-state index is 0.0216. The van der Waals surface area contributed by atoms with E-state index in [1.807, 2.05) is 0 Å². The van der Waals surface area contributed by atoms with Gasteiger partial charge in [-0.1, -0.05) is 30.3 Å². The molecule has 3 saturated carbocycles. The fraction of sp³-hybridized carbons (Fsp3) is 0.619. The van der Waals surface area contributed by atoms with Gasteiger partial charge in [-0.25, -0.2) is 4.79 Å². The van der Waals surface area contributed by atoms with Crippen LogP contribution in [-0.4, -0.2) is 53.9 Å². The number of ether oxygens (including phenoxy) is 1. The Bertz CT molecular complexity index is 722. The van der Waals surface area contributed by atoms with Crippen LogP contribution in [0.25, 0.3) is 0 Å². The molecule has 2 bridgehead atoms. The molecule has 0 unspecified atom stereocenters. The maximum Gasteiger partial charge on any atom is 0.490 e. The maximum absolute atomic E-state index is 11.8. The number of esters is 1. The van der Waals surface area contributed by atoms with Crippen LogP contribution in [0.5, 0.6) is 0 Å². The van der Waals surface area contributed by atoms with Crippen LogP contribution in [0, 0.1) is 11.3 Å². The second-order valence-corrected chi connectivity index (χ2v) is 8.45. The van der Waals surface area contributed by atoms with Crippen molar-refractivity contribution in [3.63, 3.8) is 0 Å².